The molecule has 0 aromatic rings. The number of hydrogen-bond acceptors (Lipinski definition) is 21. The zero-order chi connectivity index (χ0) is 35.0. The summed E-state index contributed by atoms with van der Waals surface area (Å²) >= 11 is 0. The monoisotopic (exact) mass is 700 g/mol. The van der Waals surface area contributed by atoms with Gasteiger partial charge in [0, 0.05) is 6.54 Å². The van der Waals surface area contributed by atoms with Gasteiger partial charge in [-0.3, -0.25) is 0 Å². The Kier molecular flexibility index (Phi) is 58.7. The highest BCUT2D eigenvalue weighted by Gasteiger charge is 1.94. The molecule has 0 rings (SSSR count). The Bertz CT molecular complexity index is 466. The van der Waals surface area contributed by atoms with Crippen LogP contribution in [0.5, 0.6) is 0 Å². The molecule has 0 aromatic carbocycles. The predicted octanol–water partition coefficient (Wildman–Crippen LogP) is -3.46. The van der Waals surface area contributed by atoms with Crippen molar-refractivity contribution in [3.8, 4) is 0 Å². The molecule has 0 heterocycles. The smallest absolute Gasteiger partial charge is 0.0913 e. The fourth-order valence-electron chi connectivity index (χ4n) is 2.46. The molecule has 0 radical (unpaired) electrons. The van der Waals surface area contributed by atoms with Gasteiger partial charge in [0.15, 0.2) is 0 Å². The largest absolute Gasteiger partial charge is 0.378 e. The van der Waals surface area contributed by atoms with Crippen molar-refractivity contribution in [2.75, 3.05) is 172 Å². The van der Waals surface area contributed by atoms with E-state index >= 15 is 0 Å². The quantitative estimate of drug-likeness (QED) is 0.0269. The van der Waals surface area contributed by atoms with Gasteiger partial charge in [0.1, 0.15) is 0 Å². The minimum Gasteiger partial charge on any atom is -0.378 e. The van der Waals surface area contributed by atoms with Gasteiger partial charge < -0.3 is 77.3 Å². The van der Waals surface area contributed by atoms with E-state index in [0.29, 0.717) is 172 Å². The Labute approximate surface area is 278 Å². The minimum absolute atomic E-state index is 0.384. The summed E-state index contributed by atoms with van der Waals surface area (Å²) in [5.74, 6) is 23.9. The van der Waals surface area contributed by atoms with Crippen LogP contribution >= 0.6 is 0 Å². The molecule has 47 heavy (non-hydrogen) atoms. The average Bonchev–Trinajstić information content (AvgIpc) is 3.09. The first-order chi connectivity index (χ1) is 23.2. The molecule has 0 spiro atoms. The van der Waals surface area contributed by atoms with Crippen LogP contribution in [0.4, 0.5) is 0 Å². The van der Waals surface area contributed by atoms with Crippen LogP contribution in [0.1, 0.15) is 0 Å². The lowest BCUT2D eigenvalue weighted by Crippen LogP contribution is -2.15. The third kappa shape index (κ3) is 60.9. The van der Waals surface area contributed by atoms with Crippen LogP contribution < -0.4 is 35.2 Å². The molecule has 0 aliphatic carbocycles. The van der Waals surface area contributed by atoms with Gasteiger partial charge in [-0.25, -0.2) is 29.5 Å². The number of hydrogen-bond donors (Lipinski definition) is 6. The van der Waals surface area contributed by atoms with E-state index in [1.165, 1.54) is 0 Å². The maximum absolute atomic E-state index is 5.32. The molecule has 288 valence electrons. The number of rotatable bonds is 38. The standard InChI is InChI=1S/C12H28N2O7.C10H24N2O5.C4H12N2O3/c13-20-11-9-18-7-5-16-3-1-15-2-4-17-6-8-19-10-12-21-14;11-1-2-13-3-4-14-5-6-15-7-8-16-9-10-17-12;5-8-3-1-7-2-4-9-6/h1-14H2;1-12H2;1-6H2. The van der Waals surface area contributed by atoms with E-state index in [9.17, 15) is 0 Å². The van der Waals surface area contributed by atoms with E-state index in [1.54, 1.807) is 0 Å². The highest BCUT2D eigenvalue weighted by atomic mass is 16.6. The maximum Gasteiger partial charge on any atom is 0.0913 e. The summed E-state index contributed by atoms with van der Waals surface area (Å²) in [6.45, 7) is 12.9. The Hall–Kier alpha value is -0.840. The second-order valence-corrected chi connectivity index (χ2v) is 8.27. The zero-order valence-electron chi connectivity index (χ0n) is 28.0. The van der Waals surface area contributed by atoms with E-state index in [-0.39, 0.29) is 0 Å². The third-order valence-corrected chi connectivity index (χ3v) is 4.59. The molecule has 0 fully saturated rings. The first-order valence-electron chi connectivity index (χ1n) is 15.3. The second kappa shape index (κ2) is 54.6. The first kappa shape index (κ1) is 50.5. The van der Waals surface area contributed by atoms with Crippen molar-refractivity contribution in [2.45, 2.75) is 0 Å². The number of nitrogens with two attached hydrogens (primary N) is 6. The van der Waals surface area contributed by atoms with Crippen LogP contribution in [0.2, 0.25) is 0 Å². The lowest BCUT2D eigenvalue weighted by molar-refractivity contribution is -0.0206. The van der Waals surface area contributed by atoms with Crippen molar-refractivity contribution in [1.29, 1.82) is 0 Å². The van der Waals surface area contributed by atoms with Crippen LogP contribution in [0, 0.1) is 0 Å². The highest BCUT2D eigenvalue weighted by Crippen LogP contribution is 1.85. The number of ether oxygens (including phenoxy) is 10. The summed E-state index contributed by atoms with van der Waals surface area (Å²) in [7, 11) is 0. The lowest BCUT2D eigenvalue weighted by Gasteiger charge is -2.07. The van der Waals surface area contributed by atoms with E-state index in [4.69, 9.17) is 82.6 Å². The Morgan fingerprint density at radius 2 is 0.319 bits per heavy atom. The van der Waals surface area contributed by atoms with Crippen LogP contribution in [0.3, 0.4) is 0 Å². The molecule has 0 saturated heterocycles. The molecule has 0 amide bonds. The molecule has 21 heteroatoms. The normalized spacial score (nSPS) is 10.9. The van der Waals surface area contributed by atoms with Crippen molar-refractivity contribution in [2.24, 2.45) is 35.2 Å². The van der Waals surface area contributed by atoms with Crippen LogP contribution in [0.15, 0.2) is 0 Å². The van der Waals surface area contributed by atoms with Crippen molar-refractivity contribution >= 4 is 0 Å². The van der Waals surface area contributed by atoms with Gasteiger partial charge in [0.05, 0.1) is 165 Å². The molecule has 0 saturated carbocycles. The van der Waals surface area contributed by atoms with Gasteiger partial charge in [0.25, 0.3) is 0 Å². The van der Waals surface area contributed by atoms with Crippen molar-refractivity contribution in [1.82, 2.24) is 0 Å². The summed E-state index contributed by atoms with van der Waals surface area (Å²) in [5.41, 5.74) is 5.26. The summed E-state index contributed by atoms with van der Waals surface area (Å²) in [5, 5.41) is 0. The Balaban J connectivity index is -0.000000666. The summed E-state index contributed by atoms with van der Waals surface area (Å²) in [6.07, 6.45) is 0. The van der Waals surface area contributed by atoms with Crippen LogP contribution in [-0.2, 0) is 71.6 Å². The Morgan fingerprint density at radius 1 is 0.191 bits per heavy atom. The van der Waals surface area contributed by atoms with Gasteiger partial charge in [-0.15, -0.1) is 0 Å². The Morgan fingerprint density at radius 3 is 0.447 bits per heavy atom. The second-order valence-electron chi connectivity index (χ2n) is 8.27. The zero-order valence-corrected chi connectivity index (χ0v) is 28.0. The van der Waals surface area contributed by atoms with Crippen LogP contribution in [-0.4, -0.2) is 172 Å². The van der Waals surface area contributed by atoms with Gasteiger partial charge in [-0.05, 0) is 0 Å². The molecule has 0 atom stereocenters. The molecular formula is C26H64N6O15. The molecule has 0 bridgehead atoms. The summed E-state index contributed by atoms with van der Waals surface area (Å²) < 4.78 is 51.9. The van der Waals surface area contributed by atoms with Gasteiger partial charge in [-0.1, -0.05) is 0 Å². The van der Waals surface area contributed by atoms with Crippen molar-refractivity contribution in [3.63, 3.8) is 0 Å². The molecule has 0 aromatic heterocycles. The van der Waals surface area contributed by atoms with E-state index in [0.717, 1.165) is 0 Å². The molecule has 0 unspecified atom stereocenters. The van der Waals surface area contributed by atoms with Crippen LogP contribution in [0.25, 0.3) is 0 Å². The molecule has 21 nitrogen and oxygen atoms in total. The molecule has 0 aliphatic rings. The highest BCUT2D eigenvalue weighted by molar-refractivity contribution is 4.37. The fourth-order valence-corrected chi connectivity index (χ4v) is 2.46. The molecule has 0 aliphatic heterocycles. The van der Waals surface area contributed by atoms with E-state index in [1.807, 2.05) is 0 Å². The summed E-state index contributed by atoms with van der Waals surface area (Å²) in [6, 6.07) is 0. The predicted molar refractivity (Wildman–Crippen MR) is 168 cm³/mol. The summed E-state index contributed by atoms with van der Waals surface area (Å²) in [4.78, 5) is 21.5. The van der Waals surface area contributed by atoms with Gasteiger partial charge in [0.2, 0.25) is 0 Å². The SMILES string of the molecule is NCCOCCOCCOCCOCCON.NOCCOCCOCCOCCOCCOCCON.NOCCOCCON. The topological polar surface area (TPSA) is 295 Å². The molecule has 12 N–H and O–H groups in total. The lowest BCUT2D eigenvalue weighted by atomic mass is 10.7. The maximum atomic E-state index is 5.32. The van der Waals surface area contributed by atoms with Crippen molar-refractivity contribution in [3.05, 3.63) is 0 Å². The van der Waals surface area contributed by atoms with E-state index in [2.05, 4.69) is 24.2 Å². The third-order valence-electron chi connectivity index (χ3n) is 4.59. The van der Waals surface area contributed by atoms with E-state index < -0.39 is 0 Å². The molecular weight excluding hydrogens is 636 g/mol. The van der Waals surface area contributed by atoms with Gasteiger partial charge in [-0.2, -0.15) is 0 Å². The first-order valence-corrected chi connectivity index (χ1v) is 15.3. The van der Waals surface area contributed by atoms with Crippen molar-refractivity contribution < 1.29 is 71.6 Å². The average molecular weight is 701 g/mol. The minimum atomic E-state index is 0.384. The fraction of sp³-hybridized carbons (Fsp3) is 1.00. The van der Waals surface area contributed by atoms with Gasteiger partial charge >= 0.3 is 0 Å².